The summed E-state index contributed by atoms with van der Waals surface area (Å²) in [6, 6.07) is 10.8. The minimum absolute atomic E-state index is 0.326. The fourth-order valence-corrected chi connectivity index (χ4v) is 4.21. The van der Waals surface area contributed by atoms with Crippen molar-refractivity contribution in [1.29, 1.82) is 0 Å². The summed E-state index contributed by atoms with van der Waals surface area (Å²) in [5.74, 6) is 1.87. The van der Waals surface area contributed by atoms with E-state index in [0.717, 1.165) is 11.1 Å². The number of rotatable bonds is 16. The summed E-state index contributed by atoms with van der Waals surface area (Å²) >= 11 is 1.20. The topological polar surface area (TPSA) is 120 Å². The predicted octanol–water partition coefficient (Wildman–Crippen LogP) is 4.39. The van der Waals surface area contributed by atoms with Crippen molar-refractivity contribution in [2.75, 3.05) is 26.4 Å². The van der Waals surface area contributed by atoms with E-state index in [4.69, 9.17) is 18.9 Å². The van der Waals surface area contributed by atoms with Gasteiger partial charge in [-0.25, -0.2) is 10.9 Å². The number of nitrogens with one attached hydrogen (secondary N) is 2. The van der Waals surface area contributed by atoms with Crippen molar-refractivity contribution in [3.05, 3.63) is 47.5 Å². The second kappa shape index (κ2) is 17.0. The van der Waals surface area contributed by atoms with E-state index >= 15 is 0 Å². The minimum Gasteiger partial charge on any atom is -0.490 e. The summed E-state index contributed by atoms with van der Waals surface area (Å²) in [5.41, 5.74) is 6.52. The van der Waals surface area contributed by atoms with Crippen LogP contribution in [0.2, 0.25) is 0 Å². The van der Waals surface area contributed by atoms with Crippen LogP contribution < -0.4 is 29.8 Å². The van der Waals surface area contributed by atoms with Crippen molar-refractivity contribution >= 4 is 36.0 Å². The molecule has 11 heteroatoms. The number of hydrogen-bond acceptors (Lipinski definition) is 9. The van der Waals surface area contributed by atoms with Crippen LogP contribution in [0.15, 0.2) is 46.6 Å². The van der Waals surface area contributed by atoms with Crippen LogP contribution in [0.3, 0.4) is 0 Å². The molecule has 2 atom stereocenters. The van der Waals surface area contributed by atoms with E-state index < -0.39 is 10.5 Å². The number of carbonyl (C=O) groups is 2. The van der Waals surface area contributed by atoms with Crippen molar-refractivity contribution in [2.24, 2.45) is 10.2 Å². The summed E-state index contributed by atoms with van der Waals surface area (Å²) in [6.45, 7) is 13.1. The van der Waals surface area contributed by atoms with E-state index in [0.29, 0.717) is 49.4 Å². The van der Waals surface area contributed by atoms with E-state index in [9.17, 15) is 9.59 Å². The van der Waals surface area contributed by atoms with E-state index in [-0.39, 0.29) is 11.8 Å². The molecule has 2 aromatic rings. The molecule has 0 aliphatic rings. The Morgan fingerprint density at radius 1 is 0.692 bits per heavy atom. The van der Waals surface area contributed by atoms with Gasteiger partial charge in [-0.15, -0.1) is 11.8 Å². The van der Waals surface area contributed by atoms with Gasteiger partial charge in [0.1, 0.15) is 0 Å². The molecule has 0 aliphatic heterocycles. The lowest BCUT2D eigenvalue weighted by Crippen LogP contribution is -2.33. The third kappa shape index (κ3) is 10.5. The average molecular weight is 559 g/mol. The van der Waals surface area contributed by atoms with Crippen LogP contribution in [-0.4, -0.2) is 61.2 Å². The van der Waals surface area contributed by atoms with E-state index in [1.165, 1.54) is 24.2 Å². The number of benzene rings is 2. The molecule has 212 valence electrons. The first-order chi connectivity index (χ1) is 18.8. The molecule has 0 radical (unpaired) electrons. The van der Waals surface area contributed by atoms with Crippen molar-refractivity contribution in [2.45, 2.75) is 52.0 Å². The van der Waals surface area contributed by atoms with Crippen LogP contribution in [0.1, 0.15) is 52.7 Å². The molecule has 0 saturated heterocycles. The molecule has 0 saturated carbocycles. The third-order valence-electron chi connectivity index (χ3n) is 5.06. The Kier molecular flexibility index (Phi) is 13.7. The van der Waals surface area contributed by atoms with Crippen LogP contribution in [0.4, 0.5) is 0 Å². The lowest BCUT2D eigenvalue weighted by Gasteiger charge is -2.14. The maximum absolute atomic E-state index is 12.5. The monoisotopic (exact) mass is 558 g/mol. The summed E-state index contributed by atoms with van der Waals surface area (Å²) in [7, 11) is 0. The van der Waals surface area contributed by atoms with Gasteiger partial charge in [-0.1, -0.05) is 0 Å². The smallest absolute Gasteiger partial charge is 0.252 e. The van der Waals surface area contributed by atoms with Crippen molar-refractivity contribution in [3.63, 3.8) is 0 Å². The van der Waals surface area contributed by atoms with Gasteiger partial charge in [0.25, 0.3) is 11.8 Å². The summed E-state index contributed by atoms with van der Waals surface area (Å²) in [5, 5.41) is 7.03. The van der Waals surface area contributed by atoms with Gasteiger partial charge < -0.3 is 18.9 Å². The highest BCUT2D eigenvalue weighted by Crippen LogP contribution is 2.29. The lowest BCUT2D eigenvalue weighted by molar-refractivity contribution is -0.120. The Morgan fingerprint density at radius 3 is 1.41 bits per heavy atom. The zero-order valence-electron chi connectivity index (χ0n) is 23.4. The predicted molar refractivity (Wildman–Crippen MR) is 156 cm³/mol. The Morgan fingerprint density at radius 2 is 1.05 bits per heavy atom. The van der Waals surface area contributed by atoms with Crippen LogP contribution >= 0.6 is 11.8 Å². The molecule has 0 aliphatic carbocycles. The average Bonchev–Trinajstić information content (AvgIpc) is 2.91. The highest BCUT2D eigenvalue weighted by Gasteiger charge is 2.21. The second-order valence-electron chi connectivity index (χ2n) is 8.03. The first-order valence-electron chi connectivity index (χ1n) is 12.9. The maximum Gasteiger partial charge on any atom is 0.252 e. The van der Waals surface area contributed by atoms with Crippen LogP contribution in [-0.2, 0) is 9.59 Å². The molecule has 2 amide bonds. The largest absolute Gasteiger partial charge is 0.490 e. The van der Waals surface area contributed by atoms with Gasteiger partial charge in [0.2, 0.25) is 0 Å². The summed E-state index contributed by atoms with van der Waals surface area (Å²) in [4.78, 5) is 25.0. The molecule has 0 fully saturated rings. The molecule has 2 rings (SSSR count). The summed E-state index contributed by atoms with van der Waals surface area (Å²) < 4.78 is 22.3. The minimum atomic E-state index is -0.522. The Labute approximate surface area is 234 Å². The third-order valence-corrected chi connectivity index (χ3v) is 6.30. The molecular formula is C28H38N4O6S. The fourth-order valence-electron chi connectivity index (χ4n) is 3.25. The quantitative estimate of drug-likeness (QED) is 0.232. The number of ether oxygens (including phenoxy) is 4. The number of hydrogen-bond donors (Lipinski definition) is 2. The SMILES string of the molecule is CCOc1ccc(/C=N\NC(=O)C(C)SC(C)C(=O)N/N=C/c2ccc(OCC)c(OCC)c2)cc1OCC. The fraction of sp³-hybridized carbons (Fsp3) is 0.429. The van der Waals surface area contributed by atoms with Gasteiger partial charge in [-0.2, -0.15) is 10.2 Å². The second-order valence-corrected chi connectivity index (χ2v) is 9.72. The van der Waals surface area contributed by atoms with Gasteiger partial charge in [0.05, 0.1) is 49.4 Å². The molecule has 2 unspecified atom stereocenters. The summed E-state index contributed by atoms with van der Waals surface area (Å²) in [6.07, 6.45) is 3.05. The molecule has 0 heterocycles. The van der Waals surface area contributed by atoms with Crippen LogP contribution in [0.5, 0.6) is 23.0 Å². The van der Waals surface area contributed by atoms with Crippen molar-refractivity contribution in [3.8, 4) is 23.0 Å². The highest BCUT2D eigenvalue weighted by molar-refractivity contribution is 8.01. The van der Waals surface area contributed by atoms with Crippen molar-refractivity contribution in [1.82, 2.24) is 10.9 Å². The van der Waals surface area contributed by atoms with Crippen LogP contribution in [0.25, 0.3) is 0 Å². The Bertz CT molecular complexity index is 1050. The normalized spacial score (nSPS) is 12.7. The Hall–Kier alpha value is -3.73. The Balaban J connectivity index is 1.87. The zero-order chi connectivity index (χ0) is 28.6. The molecule has 2 aromatic carbocycles. The standard InChI is InChI=1S/C28H38N4O6S/c1-7-35-23-13-11-21(15-25(23)37-9-3)17-29-31-27(33)19(5)39-20(6)28(34)32-30-18-22-12-14-24(36-8-2)26(16-22)38-10-4/h11-20H,7-10H2,1-6H3,(H,31,33)(H,32,34)/b29-17-,30-18+. The van der Waals surface area contributed by atoms with E-state index in [1.807, 2.05) is 39.8 Å². The van der Waals surface area contributed by atoms with Gasteiger partial charge >= 0.3 is 0 Å². The van der Waals surface area contributed by atoms with Gasteiger partial charge in [-0.3, -0.25) is 9.59 Å². The number of hydrazone groups is 2. The van der Waals surface area contributed by atoms with Gasteiger partial charge in [-0.05, 0) is 89.1 Å². The van der Waals surface area contributed by atoms with E-state index in [2.05, 4.69) is 21.1 Å². The molecular weight excluding hydrogens is 520 g/mol. The molecule has 0 aromatic heterocycles. The van der Waals surface area contributed by atoms with Gasteiger partial charge in [0, 0.05) is 0 Å². The number of nitrogens with zero attached hydrogens (tertiary/aromatic N) is 2. The van der Waals surface area contributed by atoms with Crippen molar-refractivity contribution < 1.29 is 28.5 Å². The van der Waals surface area contributed by atoms with E-state index in [1.54, 1.807) is 38.1 Å². The molecule has 0 bridgehead atoms. The molecule has 39 heavy (non-hydrogen) atoms. The first kappa shape index (κ1) is 31.5. The maximum atomic E-state index is 12.5. The molecule has 2 N–H and O–H groups in total. The molecule has 0 spiro atoms. The zero-order valence-corrected chi connectivity index (χ0v) is 24.2. The number of amides is 2. The highest BCUT2D eigenvalue weighted by atomic mass is 32.2. The van der Waals surface area contributed by atoms with Crippen LogP contribution in [0, 0.1) is 0 Å². The number of carbonyl (C=O) groups excluding carboxylic acids is 2. The number of thioether (sulfide) groups is 1. The lowest BCUT2D eigenvalue weighted by atomic mass is 10.2. The van der Waals surface area contributed by atoms with Gasteiger partial charge in [0.15, 0.2) is 23.0 Å². The first-order valence-corrected chi connectivity index (χ1v) is 13.9. The molecule has 10 nitrogen and oxygen atoms in total.